The highest BCUT2D eigenvalue weighted by molar-refractivity contribution is 7.09. The highest BCUT2D eigenvalue weighted by atomic mass is 32.1. The van der Waals surface area contributed by atoms with Gasteiger partial charge in [0.25, 0.3) is 0 Å². The van der Waals surface area contributed by atoms with Crippen molar-refractivity contribution in [2.75, 3.05) is 6.54 Å². The average molecular weight is 264 g/mol. The van der Waals surface area contributed by atoms with Gasteiger partial charge in [-0.05, 0) is 19.4 Å². The molecule has 4 nitrogen and oxygen atoms in total. The van der Waals surface area contributed by atoms with Crippen LogP contribution in [-0.4, -0.2) is 21.1 Å². The highest BCUT2D eigenvalue weighted by Gasteiger charge is 2.19. The number of hydrogen-bond donors (Lipinski definition) is 1. The molecule has 0 aromatic carbocycles. The average Bonchev–Trinajstić information content (AvgIpc) is 3.02. The fourth-order valence-electron chi connectivity index (χ4n) is 1.99. The number of imidazole rings is 1. The number of aromatic nitrogens is 3. The Morgan fingerprint density at radius 3 is 2.94 bits per heavy atom. The van der Waals surface area contributed by atoms with Crippen molar-refractivity contribution >= 4 is 11.3 Å². The van der Waals surface area contributed by atoms with E-state index in [1.54, 1.807) is 11.3 Å². The lowest BCUT2D eigenvalue weighted by Gasteiger charge is -2.17. The standard InChI is InChI=1S/C13H20N4S/c1-3-5-15-12(11-9-14-10-18-11)13-16-6-8-17(13)7-4-2/h6,8-10,12,15H,3-5,7H2,1-2H3. The molecule has 2 aromatic heterocycles. The van der Waals surface area contributed by atoms with Gasteiger partial charge in [-0.25, -0.2) is 4.98 Å². The van der Waals surface area contributed by atoms with Crippen LogP contribution in [0.2, 0.25) is 0 Å². The van der Waals surface area contributed by atoms with Crippen molar-refractivity contribution in [1.29, 1.82) is 0 Å². The summed E-state index contributed by atoms with van der Waals surface area (Å²) in [5, 5.41) is 3.56. The first-order valence-electron chi connectivity index (χ1n) is 6.49. The summed E-state index contributed by atoms with van der Waals surface area (Å²) in [6, 6.07) is 0.166. The molecule has 0 saturated carbocycles. The lowest BCUT2D eigenvalue weighted by Crippen LogP contribution is -2.25. The van der Waals surface area contributed by atoms with Crippen LogP contribution in [0.1, 0.15) is 43.4 Å². The van der Waals surface area contributed by atoms with Gasteiger partial charge < -0.3 is 9.88 Å². The van der Waals surface area contributed by atoms with Gasteiger partial charge in [0, 0.05) is 30.0 Å². The van der Waals surface area contributed by atoms with Crippen LogP contribution < -0.4 is 5.32 Å². The molecule has 0 aliphatic rings. The van der Waals surface area contributed by atoms with Crippen LogP contribution in [0.15, 0.2) is 24.1 Å². The molecule has 0 amide bonds. The Morgan fingerprint density at radius 2 is 2.28 bits per heavy atom. The maximum absolute atomic E-state index is 4.52. The van der Waals surface area contributed by atoms with Crippen molar-refractivity contribution in [3.05, 3.63) is 34.8 Å². The summed E-state index contributed by atoms with van der Waals surface area (Å²) >= 11 is 1.68. The normalized spacial score (nSPS) is 12.8. The van der Waals surface area contributed by atoms with E-state index in [0.717, 1.165) is 31.8 Å². The molecule has 98 valence electrons. The minimum atomic E-state index is 0.166. The Morgan fingerprint density at radius 1 is 1.39 bits per heavy atom. The van der Waals surface area contributed by atoms with Crippen LogP contribution in [0.3, 0.4) is 0 Å². The minimum Gasteiger partial charge on any atom is -0.333 e. The Kier molecular flexibility index (Phi) is 4.90. The molecule has 0 saturated heterocycles. The van der Waals surface area contributed by atoms with Gasteiger partial charge >= 0.3 is 0 Å². The largest absolute Gasteiger partial charge is 0.333 e. The molecule has 18 heavy (non-hydrogen) atoms. The Balaban J connectivity index is 2.24. The second kappa shape index (κ2) is 6.66. The maximum Gasteiger partial charge on any atom is 0.131 e. The third-order valence-corrected chi connectivity index (χ3v) is 3.65. The van der Waals surface area contributed by atoms with Crippen molar-refractivity contribution < 1.29 is 0 Å². The second-order valence-corrected chi connectivity index (χ2v) is 5.19. The predicted octanol–water partition coefficient (Wildman–Crippen LogP) is 2.84. The Bertz CT molecular complexity index is 449. The second-order valence-electron chi connectivity index (χ2n) is 4.27. The predicted molar refractivity (Wildman–Crippen MR) is 74.8 cm³/mol. The summed E-state index contributed by atoms with van der Waals surface area (Å²) in [6.45, 7) is 6.36. The van der Waals surface area contributed by atoms with Gasteiger partial charge in [-0.15, -0.1) is 11.3 Å². The van der Waals surface area contributed by atoms with E-state index in [9.17, 15) is 0 Å². The summed E-state index contributed by atoms with van der Waals surface area (Å²) in [7, 11) is 0. The van der Waals surface area contributed by atoms with Crippen molar-refractivity contribution in [3.8, 4) is 0 Å². The summed E-state index contributed by atoms with van der Waals surface area (Å²) in [6.07, 6.45) is 8.10. The fourth-order valence-corrected chi connectivity index (χ4v) is 2.68. The van der Waals surface area contributed by atoms with Crippen molar-refractivity contribution in [3.63, 3.8) is 0 Å². The van der Waals surface area contributed by atoms with E-state index < -0.39 is 0 Å². The van der Waals surface area contributed by atoms with Crippen LogP contribution in [-0.2, 0) is 6.54 Å². The van der Waals surface area contributed by atoms with Crippen molar-refractivity contribution in [2.24, 2.45) is 0 Å². The number of thiazole rings is 1. The zero-order chi connectivity index (χ0) is 12.8. The lowest BCUT2D eigenvalue weighted by atomic mass is 10.2. The summed E-state index contributed by atoms with van der Waals surface area (Å²) in [5.41, 5.74) is 1.88. The smallest absolute Gasteiger partial charge is 0.131 e. The van der Waals surface area contributed by atoms with E-state index in [0.29, 0.717) is 0 Å². The number of nitrogens with zero attached hydrogens (tertiary/aromatic N) is 3. The van der Waals surface area contributed by atoms with Crippen molar-refractivity contribution in [2.45, 2.75) is 39.3 Å². The van der Waals surface area contributed by atoms with Gasteiger partial charge in [0.1, 0.15) is 11.9 Å². The quantitative estimate of drug-likeness (QED) is 0.836. The van der Waals surface area contributed by atoms with Crippen LogP contribution in [0.25, 0.3) is 0 Å². The number of rotatable bonds is 7. The Hall–Kier alpha value is -1.20. The van der Waals surface area contributed by atoms with E-state index in [4.69, 9.17) is 0 Å². The number of hydrogen-bond acceptors (Lipinski definition) is 4. The third kappa shape index (κ3) is 2.97. The van der Waals surface area contributed by atoms with Gasteiger partial charge in [-0.2, -0.15) is 0 Å². The number of nitrogens with one attached hydrogen (secondary N) is 1. The van der Waals surface area contributed by atoms with E-state index in [1.165, 1.54) is 4.88 Å². The van der Waals surface area contributed by atoms with Gasteiger partial charge in [0.15, 0.2) is 0 Å². The maximum atomic E-state index is 4.52. The molecule has 0 spiro atoms. The van der Waals surface area contributed by atoms with Crippen LogP contribution in [0, 0.1) is 0 Å². The SMILES string of the molecule is CCCNC(c1cncs1)c1nccn1CCC. The highest BCUT2D eigenvalue weighted by Crippen LogP contribution is 2.24. The van der Waals surface area contributed by atoms with Crippen LogP contribution in [0.4, 0.5) is 0 Å². The van der Waals surface area contributed by atoms with Crippen LogP contribution in [0.5, 0.6) is 0 Å². The van der Waals surface area contributed by atoms with Crippen LogP contribution >= 0.6 is 11.3 Å². The topological polar surface area (TPSA) is 42.7 Å². The van der Waals surface area contributed by atoms with Gasteiger partial charge in [-0.3, -0.25) is 4.98 Å². The molecule has 5 heteroatoms. The molecular formula is C13H20N4S. The summed E-state index contributed by atoms with van der Waals surface area (Å²) in [5.74, 6) is 1.09. The molecule has 0 fully saturated rings. The van der Waals surface area contributed by atoms with Gasteiger partial charge in [0.2, 0.25) is 0 Å². The fraction of sp³-hybridized carbons (Fsp3) is 0.538. The molecule has 2 heterocycles. The molecular weight excluding hydrogens is 244 g/mol. The summed E-state index contributed by atoms with van der Waals surface area (Å²) < 4.78 is 2.23. The monoisotopic (exact) mass is 264 g/mol. The number of aryl methyl sites for hydroxylation is 1. The van der Waals surface area contributed by atoms with Gasteiger partial charge in [0.05, 0.1) is 5.51 Å². The Labute approximate surface area is 112 Å². The lowest BCUT2D eigenvalue weighted by molar-refractivity contribution is 0.535. The first-order valence-corrected chi connectivity index (χ1v) is 7.37. The van der Waals surface area contributed by atoms with E-state index in [1.807, 2.05) is 17.9 Å². The molecule has 1 N–H and O–H groups in total. The minimum absolute atomic E-state index is 0.166. The molecule has 0 aliphatic heterocycles. The van der Waals surface area contributed by atoms with Gasteiger partial charge in [-0.1, -0.05) is 13.8 Å². The van der Waals surface area contributed by atoms with E-state index >= 15 is 0 Å². The summed E-state index contributed by atoms with van der Waals surface area (Å²) in [4.78, 5) is 9.93. The van der Waals surface area contributed by atoms with Crippen molar-refractivity contribution in [1.82, 2.24) is 19.9 Å². The third-order valence-electron chi connectivity index (χ3n) is 2.80. The molecule has 0 radical (unpaired) electrons. The molecule has 1 unspecified atom stereocenters. The first-order chi connectivity index (χ1) is 8.86. The molecule has 2 rings (SSSR count). The molecule has 0 aliphatic carbocycles. The van der Waals surface area contributed by atoms with E-state index in [2.05, 4.69) is 39.9 Å². The molecule has 1 atom stereocenters. The van der Waals surface area contributed by atoms with E-state index in [-0.39, 0.29) is 6.04 Å². The molecule has 0 bridgehead atoms. The molecule has 2 aromatic rings. The zero-order valence-electron chi connectivity index (χ0n) is 11.0. The first kappa shape index (κ1) is 13.2. The zero-order valence-corrected chi connectivity index (χ0v) is 11.8.